The van der Waals surface area contributed by atoms with Crippen molar-refractivity contribution < 1.29 is 4.74 Å². The molecule has 3 nitrogen and oxygen atoms in total. The number of ether oxygens (including phenoxy) is 1. The molecule has 18 heavy (non-hydrogen) atoms. The van der Waals surface area contributed by atoms with Crippen molar-refractivity contribution in [2.24, 2.45) is 5.92 Å². The van der Waals surface area contributed by atoms with Crippen molar-refractivity contribution in [3.05, 3.63) is 29.8 Å². The summed E-state index contributed by atoms with van der Waals surface area (Å²) in [6, 6.07) is 8.43. The van der Waals surface area contributed by atoms with Crippen LogP contribution in [0.1, 0.15) is 18.4 Å². The molecule has 1 unspecified atom stereocenters. The number of benzene rings is 1. The maximum Gasteiger partial charge on any atom is 0.123 e. The van der Waals surface area contributed by atoms with Gasteiger partial charge in [-0.15, -0.1) is 0 Å². The van der Waals surface area contributed by atoms with Crippen LogP contribution in [0.25, 0.3) is 0 Å². The number of nitrogens with one attached hydrogen (secondary N) is 1. The highest BCUT2D eigenvalue weighted by Crippen LogP contribution is 2.23. The third-order valence-electron chi connectivity index (χ3n) is 4.05. The summed E-state index contributed by atoms with van der Waals surface area (Å²) in [7, 11) is 0. The van der Waals surface area contributed by atoms with Gasteiger partial charge >= 0.3 is 0 Å². The van der Waals surface area contributed by atoms with Crippen molar-refractivity contribution in [2.45, 2.75) is 19.4 Å². The van der Waals surface area contributed by atoms with Gasteiger partial charge in [0.15, 0.2) is 0 Å². The summed E-state index contributed by atoms with van der Waals surface area (Å²) in [6.07, 6.45) is 2.66. The van der Waals surface area contributed by atoms with Gasteiger partial charge in [0, 0.05) is 18.7 Å². The Morgan fingerprint density at radius 1 is 1.33 bits per heavy atom. The van der Waals surface area contributed by atoms with Crippen molar-refractivity contribution in [2.75, 3.05) is 32.8 Å². The summed E-state index contributed by atoms with van der Waals surface area (Å²) in [5.41, 5.74) is 1.33. The summed E-state index contributed by atoms with van der Waals surface area (Å²) in [5, 5.41) is 3.44. The lowest BCUT2D eigenvalue weighted by atomic mass is 10.0. The van der Waals surface area contributed by atoms with Crippen LogP contribution in [0, 0.1) is 5.92 Å². The Morgan fingerprint density at radius 2 is 2.28 bits per heavy atom. The normalized spacial score (nSPS) is 24.3. The number of fused-ring (bicyclic) bond motifs is 1. The van der Waals surface area contributed by atoms with Crippen molar-refractivity contribution >= 4 is 0 Å². The Hall–Kier alpha value is -1.06. The van der Waals surface area contributed by atoms with Gasteiger partial charge in [0.05, 0.1) is 0 Å². The van der Waals surface area contributed by atoms with Gasteiger partial charge in [-0.1, -0.05) is 18.2 Å². The molecule has 0 aromatic heterocycles. The lowest BCUT2D eigenvalue weighted by Crippen LogP contribution is -2.28. The Bertz CT molecular complexity index is 388. The van der Waals surface area contributed by atoms with E-state index in [2.05, 4.69) is 34.5 Å². The summed E-state index contributed by atoms with van der Waals surface area (Å²) in [5.74, 6) is 1.95. The van der Waals surface area contributed by atoms with Gasteiger partial charge in [0.1, 0.15) is 12.4 Å². The molecule has 0 amide bonds. The molecule has 0 radical (unpaired) electrons. The molecule has 1 N–H and O–H groups in total. The van der Waals surface area contributed by atoms with E-state index in [1.54, 1.807) is 0 Å². The maximum absolute atomic E-state index is 5.80. The fraction of sp³-hybridized carbons (Fsp3) is 0.600. The largest absolute Gasteiger partial charge is 0.492 e. The molecule has 2 aliphatic rings. The first-order valence-corrected chi connectivity index (χ1v) is 7.05. The Labute approximate surface area is 109 Å². The minimum Gasteiger partial charge on any atom is -0.492 e. The second-order valence-electron chi connectivity index (χ2n) is 5.38. The number of hydrogen-bond donors (Lipinski definition) is 1. The minimum absolute atomic E-state index is 0.819. The number of nitrogens with zero attached hydrogens (tertiary/aromatic N) is 1. The fourth-order valence-corrected chi connectivity index (χ4v) is 2.90. The molecule has 0 aliphatic carbocycles. The van der Waals surface area contributed by atoms with Crippen LogP contribution < -0.4 is 10.1 Å². The molecule has 0 bridgehead atoms. The van der Waals surface area contributed by atoms with E-state index in [-0.39, 0.29) is 0 Å². The highest BCUT2D eigenvalue weighted by Gasteiger charge is 2.18. The van der Waals surface area contributed by atoms with Gasteiger partial charge in [0.2, 0.25) is 0 Å². The zero-order valence-corrected chi connectivity index (χ0v) is 10.9. The molecule has 1 aromatic rings. The van der Waals surface area contributed by atoms with E-state index in [9.17, 15) is 0 Å². The second kappa shape index (κ2) is 5.72. The molecule has 2 aliphatic heterocycles. The molecule has 1 fully saturated rings. The van der Waals surface area contributed by atoms with E-state index in [1.807, 2.05) is 0 Å². The SMILES string of the molecule is c1ccc2c(c1)CN(CCC1CCNC1)CCO2. The standard InChI is InChI=1S/C15H22N2O/c1-2-4-15-14(3-1)12-17(9-10-18-15)8-6-13-5-7-16-11-13/h1-4,13,16H,5-12H2. The van der Waals surface area contributed by atoms with Gasteiger partial charge in [-0.05, 0) is 44.5 Å². The summed E-state index contributed by atoms with van der Waals surface area (Å²) in [6.45, 7) is 6.52. The quantitative estimate of drug-likeness (QED) is 0.881. The molecule has 0 saturated carbocycles. The van der Waals surface area contributed by atoms with E-state index in [0.717, 1.165) is 31.4 Å². The molecule has 2 heterocycles. The van der Waals surface area contributed by atoms with Crippen molar-refractivity contribution in [1.29, 1.82) is 0 Å². The van der Waals surface area contributed by atoms with E-state index >= 15 is 0 Å². The van der Waals surface area contributed by atoms with Crippen LogP contribution in [0.5, 0.6) is 5.75 Å². The van der Waals surface area contributed by atoms with Gasteiger partial charge in [-0.25, -0.2) is 0 Å². The predicted molar refractivity (Wildman–Crippen MR) is 72.8 cm³/mol. The van der Waals surface area contributed by atoms with Crippen molar-refractivity contribution in [3.63, 3.8) is 0 Å². The van der Waals surface area contributed by atoms with Crippen molar-refractivity contribution in [1.82, 2.24) is 10.2 Å². The van der Waals surface area contributed by atoms with E-state index in [1.165, 1.54) is 38.0 Å². The number of hydrogen-bond acceptors (Lipinski definition) is 3. The molecular formula is C15H22N2O. The highest BCUT2D eigenvalue weighted by molar-refractivity contribution is 5.33. The van der Waals surface area contributed by atoms with Crippen LogP contribution in [0.15, 0.2) is 24.3 Å². The van der Waals surface area contributed by atoms with Crippen LogP contribution in [0.2, 0.25) is 0 Å². The molecule has 1 saturated heterocycles. The lowest BCUT2D eigenvalue weighted by molar-refractivity contribution is 0.215. The molecule has 98 valence electrons. The van der Waals surface area contributed by atoms with E-state index in [0.29, 0.717) is 0 Å². The topological polar surface area (TPSA) is 24.5 Å². The molecule has 3 rings (SSSR count). The Balaban J connectivity index is 1.57. The zero-order valence-electron chi connectivity index (χ0n) is 10.9. The van der Waals surface area contributed by atoms with Gasteiger partial charge in [0.25, 0.3) is 0 Å². The monoisotopic (exact) mass is 246 g/mol. The summed E-state index contributed by atoms with van der Waals surface area (Å²) < 4.78 is 5.80. The maximum atomic E-state index is 5.80. The molecular weight excluding hydrogens is 224 g/mol. The van der Waals surface area contributed by atoms with Gasteiger partial charge in [-0.2, -0.15) is 0 Å². The van der Waals surface area contributed by atoms with Crippen LogP contribution >= 0.6 is 0 Å². The number of para-hydroxylation sites is 1. The van der Waals surface area contributed by atoms with E-state index in [4.69, 9.17) is 4.74 Å². The van der Waals surface area contributed by atoms with Crippen LogP contribution in [-0.2, 0) is 6.54 Å². The van der Waals surface area contributed by atoms with Crippen LogP contribution in [0.3, 0.4) is 0 Å². The second-order valence-corrected chi connectivity index (χ2v) is 5.38. The Kier molecular flexibility index (Phi) is 3.81. The average molecular weight is 246 g/mol. The summed E-state index contributed by atoms with van der Waals surface area (Å²) in [4.78, 5) is 2.53. The van der Waals surface area contributed by atoms with Crippen molar-refractivity contribution in [3.8, 4) is 5.75 Å². The first-order chi connectivity index (χ1) is 8.92. The third kappa shape index (κ3) is 2.85. The molecule has 1 atom stereocenters. The average Bonchev–Trinajstić information content (AvgIpc) is 2.82. The first-order valence-electron chi connectivity index (χ1n) is 7.05. The Morgan fingerprint density at radius 3 is 3.17 bits per heavy atom. The first kappa shape index (κ1) is 12.0. The van der Waals surface area contributed by atoms with E-state index < -0.39 is 0 Å². The van der Waals surface area contributed by atoms with Gasteiger partial charge < -0.3 is 10.1 Å². The number of rotatable bonds is 3. The minimum atomic E-state index is 0.819. The smallest absolute Gasteiger partial charge is 0.123 e. The molecule has 3 heteroatoms. The predicted octanol–water partition coefficient (Wildman–Crippen LogP) is 1.88. The third-order valence-corrected chi connectivity index (χ3v) is 4.05. The highest BCUT2D eigenvalue weighted by atomic mass is 16.5. The van der Waals surface area contributed by atoms with Gasteiger partial charge in [-0.3, -0.25) is 4.90 Å². The zero-order chi connectivity index (χ0) is 12.2. The van der Waals surface area contributed by atoms with Crippen LogP contribution in [0.4, 0.5) is 0 Å². The van der Waals surface area contributed by atoms with Crippen LogP contribution in [-0.4, -0.2) is 37.7 Å². The fourth-order valence-electron chi connectivity index (χ4n) is 2.90. The summed E-state index contributed by atoms with van der Waals surface area (Å²) >= 11 is 0. The molecule has 1 aromatic carbocycles. The lowest BCUT2D eigenvalue weighted by Gasteiger charge is -2.20. The molecule has 0 spiro atoms.